The van der Waals surface area contributed by atoms with Crippen molar-refractivity contribution in [1.29, 1.82) is 0 Å². The number of benzene rings is 1. The summed E-state index contributed by atoms with van der Waals surface area (Å²) < 4.78 is 26.6. The van der Waals surface area contributed by atoms with E-state index in [-0.39, 0.29) is 10.6 Å². The van der Waals surface area contributed by atoms with Crippen LogP contribution in [0.15, 0.2) is 12.1 Å². The fourth-order valence-corrected chi connectivity index (χ4v) is 1.50. The Kier molecular flexibility index (Phi) is 3.84. The monoisotopic (exact) mass is 219 g/mol. The fourth-order valence-electron chi connectivity index (χ4n) is 1.34. The van der Waals surface area contributed by atoms with E-state index >= 15 is 0 Å². The summed E-state index contributed by atoms with van der Waals surface area (Å²) in [5.41, 5.74) is 5.53. The normalized spacial score (nSPS) is 12.9. The Morgan fingerprint density at radius 2 is 2.07 bits per heavy atom. The van der Waals surface area contributed by atoms with Crippen LogP contribution in [0.25, 0.3) is 0 Å². The lowest BCUT2D eigenvalue weighted by atomic mass is 10.0. The van der Waals surface area contributed by atoms with Crippen LogP contribution in [0, 0.1) is 11.6 Å². The summed E-state index contributed by atoms with van der Waals surface area (Å²) in [6.45, 7) is 1.90. The van der Waals surface area contributed by atoms with E-state index in [2.05, 4.69) is 0 Å². The van der Waals surface area contributed by atoms with Gasteiger partial charge in [0.15, 0.2) is 0 Å². The van der Waals surface area contributed by atoms with Crippen LogP contribution in [0.2, 0.25) is 5.02 Å². The van der Waals surface area contributed by atoms with Crippen LogP contribution in [0.4, 0.5) is 8.78 Å². The number of nitrogens with two attached hydrogens (primary N) is 1. The Hall–Kier alpha value is -0.670. The lowest BCUT2D eigenvalue weighted by molar-refractivity contribution is 0.510. The van der Waals surface area contributed by atoms with Crippen LogP contribution in [0.5, 0.6) is 0 Å². The van der Waals surface area contributed by atoms with E-state index in [9.17, 15) is 8.78 Å². The third-order valence-corrected chi connectivity index (χ3v) is 2.34. The van der Waals surface area contributed by atoms with Crippen molar-refractivity contribution in [3.63, 3.8) is 0 Å². The zero-order valence-electron chi connectivity index (χ0n) is 7.86. The molecule has 0 bridgehead atoms. The molecule has 0 heterocycles. The molecular weight excluding hydrogens is 208 g/mol. The Morgan fingerprint density at radius 1 is 1.43 bits per heavy atom. The molecule has 1 atom stereocenters. The standard InChI is InChI=1S/C10H12ClF2N/c1-2-3-8(14)9-7(12)5-4-6(11)10(9)13/h4-5,8H,2-3,14H2,1H3/t8-/m0/s1. The molecule has 2 N–H and O–H groups in total. The van der Waals surface area contributed by atoms with Gasteiger partial charge in [-0.3, -0.25) is 0 Å². The Morgan fingerprint density at radius 3 is 2.64 bits per heavy atom. The minimum atomic E-state index is -0.743. The first-order valence-corrected chi connectivity index (χ1v) is 4.84. The molecule has 0 aliphatic carbocycles. The third kappa shape index (κ3) is 2.22. The predicted molar refractivity (Wildman–Crippen MR) is 53.2 cm³/mol. The van der Waals surface area contributed by atoms with Gasteiger partial charge in [-0.2, -0.15) is 0 Å². The quantitative estimate of drug-likeness (QED) is 0.775. The molecule has 4 heteroatoms. The summed E-state index contributed by atoms with van der Waals surface area (Å²) in [6.07, 6.45) is 1.31. The molecule has 0 aromatic heterocycles. The van der Waals surface area contributed by atoms with Gasteiger partial charge >= 0.3 is 0 Å². The summed E-state index contributed by atoms with van der Waals surface area (Å²) in [5.74, 6) is -1.37. The SMILES string of the molecule is CCC[C@H](N)c1c(F)ccc(Cl)c1F. The van der Waals surface area contributed by atoms with Gasteiger partial charge in [0, 0.05) is 11.6 Å². The second-order valence-electron chi connectivity index (χ2n) is 3.15. The minimum Gasteiger partial charge on any atom is -0.324 e. The zero-order chi connectivity index (χ0) is 10.7. The van der Waals surface area contributed by atoms with Crippen molar-refractivity contribution in [2.45, 2.75) is 25.8 Å². The van der Waals surface area contributed by atoms with Gasteiger partial charge in [-0.05, 0) is 18.6 Å². The van der Waals surface area contributed by atoms with E-state index in [0.29, 0.717) is 6.42 Å². The van der Waals surface area contributed by atoms with Gasteiger partial charge in [-0.15, -0.1) is 0 Å². The van der Waals surface area contributed by atoms with Crippen molar-refractivity contribution in [2.24, 2.45) is 5.73 Å². The summed E-state index contributed by atoms with van der Waals surface area (Å²) in [4.78, 5) is 0. The maximum atomic E-state index is 13.4. The van der Waals surface area contributed by atoms with E-state index in [0.717, 1.165) is 12.5 Å². The highest BCUT2D eigenvalue weighted by atomic mass is 35.5. The summed E-state index contributed by atoms with van der Waals surface area (Å²) in [7, 11) is 0. The molecule has 1 aromatic carbocycles. The third-order valence-electron chi connectivity index (χ3n) is 2.05. The van der Waals surface area contributed by atoms with Crippen LogP contribution < -0.4 is 5.73 Å². The molecule has 0 aliphatic heterocycles. The molecule has 78 valence electrons. The first-order valence-electron chi connectivity index (χ1n) is 4.46. The predicted octanol–water partition coefficient (Wildman–Crippen LogP) is 3.42. The van der Waals surface area contributed by atoms with E-state index in [4.69, 9.17) is 17.3 Å². The molecule has 1 nitrogen and oxygen atoms in total. The molecule has 0 saturated carbocycles. The van der Waals surface area contributed by atoms with Crippen molar-refractivity contribution in [3.05, 3.63) is 34.4 Å². The van der Waals surface area contributed by atoms with Crippen molar-refractivity contribution >= 4 is 11.6 Å². The lowest BCUT2D eigenvalue weighted by Gasteiger charge is -2.13. The van der Waals surface area contributed by atoms with Crippen LogP contribution in [-0.2, 0) is 0 Å². The van der Waals surface area contributed by atoms with E-state index < -0.39 is 17.7 Å². The average molecular weight is 220 g/mol. The minimum absolute atomic E-state index is 0.0899. The highest BCUT2D eigenvalue weighted by Crippen LogP contribution is 2.27. The van der Waals surface area contributed by atoms with Crippen molar-refractivity contribution in [2.75, 3.05) is 0 Å². The molecule has 1 rings (SSSR count). The van der Waals surface area contributed by atoms with Crippen LogP contribution in [0.1, 0.15) is 31.4 Å². The molecule has 14 heavy (non-hydrogen) atoms. The Bertz CT molecular complexity index is 328. The van der Waals surface area contributed by atoms with Gasteiger partial charge in [0.25, 0.3) is 0 Å². The van der Waals surface area contributed by atoms with E-state index in [1.54, 1.807) is 0 Å². The molecule has 1 aromatic rings. The first kappa shape index (κ1) is 11.4. The molecule has 0 aliphatic rings. The van der Waals surface area contributed by atoms with Crippen LogP contribution >= 0.6 is 11.6 Å². The highest BCUT2D eigenvalue weighted by molar-refractivity contribution is 6.30. The molecule has 0 fully saturated rings. The molecule has 0 unspecified atom stereocenters. The second-order valence-corrected chi connectivity index (χ2v) is 3.56. The number of hydrogen-bond acceptors (Lipinski definition) is 1. The molecule has 0 spiro atoms. The largest absolute Gasteiger partial charge is 0.324 e. The topological polar surface area (TPSA) is 26.0 Å². The maximum absolute atomic E-state index is 13.4. The lowest BCUT2D eigenvalue weighted by Crippen LogP contribution is -2.14. The Balaban J connectivity index is 3.11. The molecule has 0 radical (unpaired) electrons. The summed E-state index contributed by atoms with van der Waals surface area (Å²) in [6, 6.07) is 1.70. The first-order chi connectivity index (χ1) is 6.57. The van der Waals surface area contributed by atoms with Gasteiger partial charge in [-0.1, -0.05) is 24.9 Å². The smallest absolute Gasteiger partial charge is 0.149 e. The maximum Gasteiger partial charge on any atom is 0.149 e. The summed E-state index contributed by atoms with van der Waals surface area (Å²) in [5, 5.41) is -0.0899. The van der Waals surface area contributed by atoms with E-state index in [1.807, 2.05) is 6.92 Å². The number of rotatable bonds is 3. The molecular formula is C10H12ClF2N. The molecule has 0 saturated heterocycles. The van der Waals surface area contributed by atoms with Crippen LogP contribution in [0.3, 0.4) is 0 Å². The van der Waals surface area contributed by atoms with Gasteiger partial charge in [0.05, 0.1) is 5.02 Å². The highest BCUT2D eigenvalue weighted by Gasteiger charge is 2.18. The van der Waals surface area contributed by atoms with Gasteiger partial charge in [0.1, 0.15) is 11.6 Å². The second kappa shape index (κ2) is 4.71. The van der Waals surface area contributed by atoms with Gasteiger partial charge in [-0.25, -0.2) is 8.78 Å². The summed E-state index contributed by atoms with van der Waals surface area (Å²) >= 11 is 5.53. The van der Waals surface area contributed by atoms with Crippen molar-refractivity contribution in [1.82, 2.24) is 0 Å². The van der Waals surface area contributed by atoms with Gasteiger partial charge in [0.2, 0.25) is 0 Å². The molecule has 0 amide bonds. The van der Waals surface area contributed by atoms with Crippen molar-refractivity contribution in [3.8, 4) is 0 Å². The number of hydrogen-bond donors (Lipinski definition) is 1. The van der Waals surface area contributed by atoms with Crippen molar-refractivity contribution < 1.29 is 8.78 Å². The van der Waals surface area contributed by atoms with Crippen LogP contribution in [-0.4, -0.2) is 0 Å². The average Bonchev–Trinajstić information content (AvgIpc) is 2.13. The number of halogens is 3. The van der Waals surface area contributed by atoms with E-state index in [1.165, 1.54) is 6.07 Å². The zero-order valence-corrected chi connectivity index (χ0v) is 8.61. The fraction of sp³-hybridized carbons (Fsp3) is 0.400. The Labute approximate surface area is 86.9 Å². The van der Waals surface area contributed by atoms with Gasteiger partial charge < -0.3 is 5.73 Å².